The molecule has 3 N–H and O–H groups in total. The zero-order valence-corrected chi connectivity index (χ0v) is 13.8. The van der Waals surface area contributed by atoms with Crippen LogP contribution >= 0.6 is 0 Å². The molecule has 0 unspecified atom stereocenters. The van der Waals surface area contributed by atoms with Crippen molar-refractivity contribution >= 4 is 11.8 Å². The number of nitrogens with one attached hydrogen (secondary N) is 1. The monoisotopic (exact) mass is 326 g/mol. The van der Waals surface area contributed by atoms with Gasteiger partial charge in [-0.15, -0.1) is 0 Å². The Labute approximate surface area is 141 Å². The first-order valence-corrected chi connectivity index (χ1v) is 8.01. The minimum absolute atomic E-state index is 0.189. The van der Waals surface area contributed by atoms with Crippen molar-refractivity contribution in [2.45, 2.75) is 25.8 Å². The summed E-state index contributed by atoms with van der Waals surface area (Å²) in [5, 5.41) is 11.7. The van der Waals surface area contributed by atoms with Gasteiger partial charge in [-0.1, -0.05) is 17.7 Å². The zero-order chi connectivity index (χ0) is 17.5. The Hall–Kier alpha value is -2.65. The van der Waals surface area contributed by atoms with Crippen LogP contribution in [0.2, 0.25) is 0 Å². The summed E-state index contributed by atoms with van der Waals surface area (Å²) in [6.07, 6.45) is 3.77. The minimum atomic E-state index is -0.318. The highest BCUT2D eigenvalue weighted by Crippen LogP contribution is 2.15. The molecule has 0 radical (unpaired) electrons. The highest BCUT2D eigenvalue weighted by molar-refractivity contribution is 5.94. The third kappa shape index (κ3) is 4.67. The molecule has 24 heavy (non-hydrogen) atoms. The summed E-state index contributed by atoms with van der Waals surface area (Å²) >= 11 is 0. The number of nitriles is 1. The van der Waals surface area contributed by atoms with E-state index in [9.17, 15) is 9.59 Å². The number of nitrogens with two attached hydrogens (primary N) is 1. The molecule has 0 spiro atoms. The Bertz CT molecular complexity index is 691. The molecule has 6 heteroatoms. The Balaban J connectivity index is 1.83. The van der Waals surface area contributed by atoms with Crippen LogP contribution in [0.4, 0.5) is 0 Å². The standard InChI is InChI=1S/C18H22N4O2/c1-13(17(20)23)22-9-3-5-14(12-22)7-8-21-18(24)16-6-2-4-15(10-16)11-19/h2,4-6,10,13H,3,7-9,12H2,1H3,(H2,20,23)(H,21,24)/t13-/m0/s1. The van der Waals surface area contributed by atoms with E-state index >= 15 is 0 Å². The van der Waals surface area contributed by atoms with E-state index in [4.69, 9.17) is 11.0 Å². The lowest BCUT2D eigenvalue weighted by Gasteiger charge is -2.31. The fourth-order valence-corrected chi connectivity index (χ4v) is 2.70. The van der Waals surface area contributed by atoms with Crippen molar-refractivity contribution in [2.75, 3.05) is 19.6 Å². The van der Waals surface area contributed by atoms with Gasteiger partial charge in [-0.05, 0) is 38.0 Å². The second kappa shape index (κ2) is 8.27. The Morgan fingerprint density at radius 1 is 1.46 bits per heavy atom. The molecular weight excluding hydrogens is 304 g/mol. The van der Waals surface area contributed by atoms with Gasteiger partial charge in [-0.3, -0.25) is 14.5 Å². The largest absolute Gasteiger partial charge is 0.368 e. The third-order valence-corrected chi connectivity index (χ3v) is 4.20. The van der Waals surface area contributed by atoms with Crippen molar-refractivity contribution in [3.8, 4) is 6.07 Å². The van der Waals surface area contributed by atoms with Gasteiger partial charge < -0.3 is 11.1 Å². The van der Waals surface area contributed by atoms with Gasteiger partial charge in [0.05, 0.1) is 17.7 Å². The molecule has 1 heterocycles. The molecule has 0 fully saturated rings. The lowest BCUT2D eigenvalue weighted by molar-refractivity contribution is -0.122. The zero-order valence-electron chi connectivity index (χ0n) is 13.8. The minimum Gasteiger partial charge on any atom is -0.368 e. The van der Waals surface area contributed by atoms with Crippen LogP contribution in [0.3, 0.4) is 0 Å². The molecule has 2 rings (SSSR count). The fraction of sp³-hybridized carbons (Fsp3) is 0.389. The average Bonchev–Trinajstić information content (AvgIpc) is 2.61. The summed E-state index contributed by atoms with van der Waals surface area (Å²) in [7, 11) is 0. The van der Waals surface area contributed by atoms with Crippen LogP contribution < -0.4 is 11.1 Å². The van der Waals surface area contributed by atoms with E-state index in [-0.39, 0.29) is 17.9 Å². The molecule has 0 aliphatic carbocycles. The van der Waals surface area contributed by atoms with Crippen LogP contribution in [0, 0.1) is 11.3 Å². The fourth-order valence-electron chi connectivity index (χ4n) is 2.70. The van der Waals surface area contributed by atoms with Crippen molar-refractivity contribution in [3.63, 3.8) is 0 Å². The van der Waals surface area contributed by atoms with Gasteiger partial charge in [0.2, 0.25) is 5.91 Å². The summed E-state index contributed by atoms with van der Waals surface area (Å²) in [5.41, 5.74) is 7.50. The molecular formula is C18H22N4O2. The summed E-state index contributed by atoms with van der Waals surface area (Å²) in [6.45, 7) is 3.85. The van der Waals surface area contributed by atoms with E-state index < -0.39 is 0 Å². The second-order valence-corrected chi connectivity index (χ2v) is 5.90. The molecule has 0 aromatic heterocycles. The van der Waals surface area contributed by atoms with Gasteiger partial charge in [0.15, 0.2) is 0 Å². The normalized spacial score (nSPS) is 15.9. The SMILES string of the molecule is C[C@@H](C(N)=O)N1CCC=C(CCNC(=O)c2cccc(C#N)c2)C1. The highest BCUT2D eigenvalue weighted by Gasteiger charge is 2.21. The molecule has 2 amide bonds. The molecule has 1 atom stereocenters. The molecule has 1 aromatic carbocycles. The lowest BCUT2D eigenvalue weighted by atomic mass is 10.0. The predicted molar refractivity (Wildman–Crippen MR) is 91.0 cm³/mol. The molecule has 1 aliphatic heterocycles. The molecule has 0 saturated carbocycles. The Morgan fingerprint density at radius 2 is 2.25 bits per heavy atom. The molecule has 6 nitrogen and oxygen atoms in total. The van der Waals surface area contributed by atoms with E-state index in [0.717, 1.165) is 19.4 Å². The topological polar surface area (TPSA) is 99.2 Å². The van der Waals surface area contributed by atoms with Crippen LogP contribution in [0.1, 0.15) is 35.7 Å². The van der Waals surface area contributed by atoms with E-state index in [1.165, 1.54) is 5.57 Å². The average molecular weight is 326 g/mol. The maximum Gasteiger partial charge on any atom is 0.251 e. The Kier molecular flexibility index (Phi) is 6.10. The number of nitrogens with zero attached hydrogens (tertiary/aromatic N) is 2. The second-order valence-electron chi connectivity index (χ2n) is 5.90. The van der Waals surface area contributed by atoms with Gasteiger partial charge in [-0.2, -0.15) is 5.26 Å². The van der Waals surface area contributed by atoms with Gasteiger partial charge >= 0.3 is 0 Å². The number of carbonyl (C=O) groups is 2. The van der Waals surface area contributed by atoms with Crippen molar-refractivity contribution in [2.24, 2.45) is 5.73 Å². The smallest absolute Gasteiger partial charge is 0.251 e. The quantitative estimate of drug-likeness (QED) is 0.767. The maximum absolute atomic E-state index is 12.1. The van der Waals surface area contributed by atoms with E-state index in [2.05, 4.69) is 16.3 Å². The molecule has 126 valence electrons. The summed E-state index contributed by atoms with van der Waals surface area (Å²) in [4.78, 5) is 25.5. The van der Waals surface area contributed by atoms with E-state index in [1.807, 2.05) is 13.0 Å². The van der Waals surface area contributed by atoms with Gasteiger partial charge in [0, 0.05) is 25.2 Å². The summed E-state index contributed by atoms with van der Waals surface area (Å²) in [5.74, 6) is -0.507. The number of hydrogen-bond acceptors (Lipinski definition) is 4. The number of benzene rings is 1. The van der Waals surface area contributed by atoms with E-state index in [0.29, 0.717) is 24.2 Å². The van der Waals surface area contributed by atoms with Gasteiger partial charge in [-0.25, -0.2) is 0 Å². The van der Waals surface area contributed by atoms with Crippen LogP contribution in [0.5, 0.6) is 0 Å². The van der Waals surface area contributed by atoms with Crippen LogP contribution in [-0.4, -0.2) is 42.4 Å². The highest BCUT2D eigenvalue weighted by atomic mass is 16.2. The number of carbonyl (C=O) groups excluding carboxylic acids is 2. The van der Waals surface area contributed by atoms with Gasteiger partial charge in [0.25, 0.3) is 5.91 Å². The van der Waals surface area contributed by atoms with Crippen molar-refractivity contribution in [1.82, 2.24) is 10.2 Å². The van der Waals surface area contributed by atoms with Crippen molar-refractivity contribution in [3.05, 3.63) is 47.0 Å². The number of hydrogen-bond donors (Lipinski definition) is 2. The summed E-state index contributed by atoms with van der Waals surface area (Å²) < 4.78 is 0. The van der Waals surface area contributed by atoms with Crippen LogP contribution in [0.25, 0.3) is 0 Å². The molecule has 0 bridgehead atoms. The summed E-state index contributed by atoms with van der Waals surface area (Å²) in [6, 6.07) is 8.36. The third-order valence-electron chi connectivity index (χ3n) is 4.20. The van der Waals surface area contributed by atoms with E-state index in [1.54, 1.807) is 24.3 Å². The van der Waals surface area contributed by atoms with Crippen molar-refractivity contribution in [1.29, 1.82) is 5.26 Å². The van der Waals surface area contributed by atoms with Gasteiger partial charge in [0.1, 0.15) is 0 Å². The van der Waals surface area contributed by atoms with Crippen LogP contribution in [0.15, 0.2) is 35.9 Å². The first-order valence-electron chi connectivity index (χ1n) is 8.01. The maximum atomic E-state index is 12.1. The molecule has 1 aromatic rings. The number of primary amides is 1. The predicted octanol–water partition coefficient (Wildman–Crippen LogP) is 1.18. The molecule has 1 aliphatic rings. The number of rotatable bonds is 6. The first-order chi connectivity index (χ1) is 11.5. The Morgan fingerprint density at radius 3 is 2.96 bits per heavy atom. The van der Waals surface area contributed by atoms with Crippen LogP contribution in [-0.2, 0) is 4.79 Å². The lowest BCUT2D eigenvalue weighted by Crippen LogP contribution is -2.45. The molecule has 0 saturated heterocycles. The first kappa shape index (κ1) is 17.7. The van der Waals surface area contributed by atoms with Crippen molar-refractivity contribution < 1.29 is 9.59 Å². The number of amides is 2.